The summed E-state index contributed by atoms with van der Waals surface area (Å²) in [7, 11) is -2.25. The van der Waals surface area contributed by atoms with Gasteiger partial charge in [-0.2, -0.15) is 0 Å². The summed E-state index contributed by atoms with van der Waals surface area (Å²) in [5.74, 6) is 0.0590. The highest BCUT2D eigenvalue weighted by Gasteiger charge is 2.16. The van der Waals surface area contributed by atoms with Crippen LogP contribution in [0, 0.1) is 0 Å². The number of methoxy groups -OCH3 is 1. The first-order chi connectivity index (χ1) is 9.26. The molecule has 0 aliphatic rings. The summed E-state index contributed by atoms with van der Waals surface area (Å²) in [6.07, 6.45) is 0. The molecule has 110 valence electrons. The molecule has 6 nitrogen and oxygen atoms in total. The Morgan fingerprint density at radius 2 is 2.10 bits per heavy atom. The molecule has 0 fully saturated rings. The van der Waals surface area contributed by atoms with Crippen LogP contribution in [0.25, 0.3) is 0 Å². The van der Waals surface area contributed by atoms with E-state index in [1.54, 1.807) is 0 Å². The van der Waals surface area contributed by atoms with Crippen molar-refractivity contribution in [1.82, 2.24) is 4.72 Å². The molecule has 2 N–H and O–H groups in total. The average molecular weight is 363 g/mol. The van der Waals surface area contributed by atoms with Crippen molar-refractivity contribution >= 4 is 37.5 Å². The zero-order valence-electron chi connectivity index (χ0n) is 11.1. The van der Waals surface area contributed by atoms with Gasteiger partial charge in [-0.1, -0.05) is 22.5 Å². The van der Waals surface area contributed by atoms with Crippen molar-refractivity contribution in [1.29, 1.82) is 0 Å². The minimum atomic E-state index is -3.69. The van der Waals surface area contributed by atoms with Gasteiger partial charge in [-0.3, -0.25) is 4.79 Å². The fraction of sp³-hybridized carbons (Fsp3) is 0.250. The topological polar surface area (TPSA) is 84.5 Å². The lowest BCUT2D eigenvalue weighted by molar-refractivity contribution is -0.114. The van der Waals surface area contributed by atoms with Crippen molar-refractivity contribution in [3.05, 3.63) is 29.3 Å². The highest BCUT2D eigenvalue weighted by molar-refractivity contribution is 9.11. The van der Waals surface area contributed by atoms with Crippen LogP contribution in [0.2, 0.25) is 0 Å². The van der Waals surface area contributed by atoms with Gasteiger partial charge in [0.15, 0.2) is 0 Å². The van der Waals surface area contributed by atoms with Gasteiger partial charge in [-0.25, -0.2) is 13.1 Å². The second-order valence-electron chi connectivity index (χ2n) is 3.89. The third-order valence-electron chi connectivity index (χ3n) is 2.25. The Balaban J connectivity index is 3.13. The zero-order valence-corrected chi connectivity index (χ0v) is 13.5. The van der Waals surface area contributed by atoms with E-state index in [0.717, 1.165) is 0 Å². The van der Waals surface area contributed by atoms with E-state index >= 15 is 0 Å². The number of benzene rings is 1. The molecular weight excluding hydrogens is 348 g/mol. The molecule has 0 saturated heterocycles. The second-order valence-corrected chi connectivity index (χ2v) is 6.77. The lowest BCUT2D eigenvalue weighted by Gasteiger charge is -2.12. The van der Waals surface area contributed by atoms with Gasteiger partial charge in [-0.15, -0.1) is 0 Å². The van der Waals surface area contributed by atoms with Gasteiger partial charge < -0.3 is 10.1 Å². The van der Waals surface area contributed by atoms with Gasteiger partial charge in [0.1, 0.15) is 5.75 Å². The quantitative estimate of drug-likeness (QED) is 0.808. The van der Waals surface area contributed by atoms with Crippen LogP contribution >= 0.6 is 15.9 Å². The molecule has 0 radical (unpaired) electrons. The summed E-state index contributed by atoms with van der Waals surface area (Å²) < 4.78 is 32.0. The number of sulfonamides is 1. The number of ether oxygens (including phenoxy) is 1. The van der Waals surface area contributed by atoms with Crippen LogP contribution in [0.4, 0.5) is 5.69 Å². The van der Waals surface area contributed by atoms with Crippen molar-refractivity contribution < 1.29 is 17.9 Å². The SMILES string of the molecule is C=C(Br)CNS(=O)(=O)c1ccc(OC)c(NC(C)=O)c1. The van der Waals surface area contributed by atoms with E-state index in [1.165, 1.54) is 32.2 Å². The van der Waals surface area contributed by atoms with Gasteiger partial charge in [0.25, 0.3) is 0 Å². The maximum absolute atomic E-state index is 12.0. The fourth-order valence-corrected chi connectivity index (χ4v) is 2.78. The molecule has 8 heteroatoms. The van der Waals surface area contributed by atoms with E-state index in [-0.39, 0.29) is 17.3 Å². The number of halogens is 1. The van der Waals surface area contributed by atoms with Crippen LogP contribution in [0.15, 0.2) is 34.2 Å². The molecule has 0 aliphatic carbocycles. The molecule has 0 aromatic heterocycles. The normalized spacial score (nSPS) is 10.9. The van der Waals surface area contributed by atoms with Crippen LogP contribution < -0.4 is 14.8 Å². The number of hydrogen-bond acceptors (Lipinski definition) is 4. The Morgan fingerprint density at radius 1 is 1.45 bits per heavy atom. The number of nitrogens with one attached hydrogen (secondary N) is 2. The molecule has 1 aromatic carbocycles. The Bertz CT molecular complexity index is 628. The van der Waals surface area contributed by atoms with E-state index in [1.807, 2.05) is 0 Å². The summed E-state index contributed by atoms with van der Waals surface area (Å²) in [5.41, 5.74) is 0.292. The lowest BCUT2D eigenvalue weighted by Crippen LogP contribution is -2.25. The van der Waals surface area contributed by atoms with Crippen LogP contribution in [0.3, 0.4) is 0 Å². The molecule has 0 bridgehead atoms. The third-order valence-corrected chi connectivity index (χ3v) is 3.93. The standard InChI is InChI=1S/C12H15BrN2O4S/c1-8(13)7-14-20(17,18)10-4-5-12(19-3)11(6-10)15-9(2)16/h4-6,14H,1,7H2,2-3H3,(H,15,16). The summed E-state index contributed by atoms with van der Waals surface area (Å²) in [4.78, 5) is 11.1. The van der Waals surface area contributed by atoms with Crippen molar-refractivity contribution in [3.8, 4) is 5.75 Å². The number of hydrogen-bond donors (Lipinski definition) is 2. The average Bonchev–Trinajstić information content (AvgIpc) is 2.35. The molecule has 0 spiro atoms. The number of carbonyl (C=O) groups is 1. The predicted octanol–water partition coefficient (Wildman–Crippen LogP) is 1.84. The van der Waals surface area contributed by atoms with Gasteiger partial charge >= 0.3 is 0 Å². The maximum Gasteiger partial charge on any atom is 0.240 e. The maximum atomic E-state index is 12.0. The highest BCUT2D eigenvalue weighted by Crippen LogP contribution is 2.27. The number of carbonyl (C=O) groups excluding carboxylic acids is 1. The largest absolute Gasteiger partial charge is 0.495 e. The predicted molar refractivity (Wildman–Crippen MR) is 80.6 cm³/mol. The zero-order chi connectivity index (χ0) is 15.3. The lowest BCUT2D eigenvalue weighted by atomic mass is 10.3. The summed E-state index contributed by atoms with van der Waals surface area (Å²) in [6, 6.07) is 4.20. The molecule has 0 heterocycles. The Hall–Kier alpha value is -1.38. The molecule has 0 atom stereocenters. The summed E-state index contributed by atoms with van der Waals surface area (Å²) >= 11 is 3.07. The smallest absolute Gasteiger partial charge is 0.240 e. The highest BCUT2D eigenvalue weighted by atomic mass is 79.9. The Morgan fingerprint density at radius 3 is 2.60 bits per heavy atom. The van der Waals surface area contributed by atoms with E-state index in [2.05, 4.69) is 32.5 Å². The first-order valence-corrected chi connectivity index (χ1v) is 7.82. The second kappa shape index (κ2) is 6.87. The van der Waals surface area contributed by atoms with Crippen molar-refractivity contribution in [2.24, 2.45) is 0 Å². The summed E-state index contributed by atoms with van der Waals surface area (Å²) in [5, 5.41) is 2.52. The molecule has 1 aromatic rings. The molecule has 1 rings (SSSR count). The van der Waals surface area contributed by atoms with Gasteiger partial charge in [-0.05, 0) is 18.2 Å². The minimum absolute atomic E-state index is 0.0239. The van der Waals surface area contributed by atoms with E-state index in [0.29, 0.717) is 15.9 Å². The fourth-order valence-electron chi connectivity index (χ4n) is 1.40. The molecule has 20 heavy (non-hydrogen) atoms. The van der Waals surface area contributed by atoms with Crippen molar-refractivity contribution in [2.45, 2.75) is 11.8 Å². The molecule has 1 amide bonds. The Kier molecular flexibility index (Phi) is 5.73. The van der Waals surface area contributed by atoms with Crippen LogP contribution in [-0.2, 0) is 14.8 Å². The molecule has 0 aliphatic heterocycles. The first kappa shape index (κ1) is 16.7. The third kappa shape index (κ3) is 4.62. The van der Waals surface area contributed by atoms with E-state index < -0.39 is 10.0 Å². The molecule has 0 saturated carbocycles. The van der Waals surface area contributed by atoms with Crippen LogP contribution in [-0.4, -0.2) is 28.0 Å². The van der Waals surface area contributed by atoms with Gasteiger partial charge in [0.2, 0.25) is 15.9 Å². The first-order valence-electron chi connectivity index (χ1n) is 5.55. The van der Waals surface area contributed by atoms with E-state index in [4.69, 9.17) is 4.74 Å². The minimum Gasteiger partial charge on any atom is -0.495 e. The Labute approximate surface area is 126 Å². The van der Waals surface area contributed by atoms with Crippen LogP contribution in [0.1, 0.15) is 6.92 Å². The number of rotatable bonds is 6. The van der Waals surface area contributed by atoms with E-state index in [9.17, 15) is 13.2 Å². The summed E-state index contributed by atoms with van der Waals surface area (Å²) in [6.45, 7) is 4.95. The van der Waals surface area contributed by atoms with Crippen LogP contribution in [0.5, 0.6) is 5.75 Å². The van der Waals surface area contributed by atoms with Crippen molar-refractivity contribution in [3.63, 3.8) is 0 Å². The number of amides is 1. The number of anilines is 1. The molecular formula is C12H15BrN2O4S. The monoisotopic (exact) mass is 362 g/mol. The molecule has 0 unspecified atom stereocenters. The van der Waals surface area contributed by atoms with Gasteiger partial charge in [0.05, 0.1) is 17.7 Å². The van der Waals surface area contributed by atoms with Gasteiger partial charge in [0, 0.05) is 18.0 Å². The van der Waals surface area contributed by atoms with Crippen molar-refractivity contribution in [2.75, 3.05) is 19.0 Å².